The Morgan fingerprint density at radius 3 is 2.58 bits per heavy atom. The van der Waals surface area contributed by atoms with E-state index in [4.69, 9.17) is 4.42 Å². The number of hydrogen-bond acceptors (Lipinski definition) is 2. The van der Waals surface area contributed by atoms with Crippen LogP contribution in [0.2, 0.25) is 0 Å². The SMILES string of the molecule is CCc1c(CNC(C)(C)C)oc2c(Br)cc(F)cc12. The van der Waals surface area contributed by atoms with Crippen LogP contribution in [0, 0.1) is 5.82 Å². The average Bonchev–Trinajstić information content (AvgIpc) is 2.63. The van der Waals surface area contributed by atoms with Crippen LogP contribution in [0.25, 0.3) is 11.0 Å². The highest BCUT2D eigenvalue weighted by Crippen LogP contribution is 2.33. The summed E-state index contributed by atoms with van der Waals surface area (Å²) in [5, 5.41) is 4.27. The van der Waals surface area contributed by atoms with Gasteiger partial charge in [-0.05, 0) is 55.3 Å². The molecular formula is C15H19BrFNO. The zero-order valence-corrected chi connectivity index (χ0v) is 13.3. The van der Waals surface area contributed by atoms with E-state index >= 15 is 0 Å². The van der Waals surface area contributed by atoms with E-state index in [-0.39, 0.29) is 11.4 Å². The lowest BCUT2D eigenvalue weighted by atomic mass is 10.1. The summed E-state index contributed by atoms with van der Waals surface area (Å²) in [5.74, 6) is 0.643. The third-order valence-corrected chi connectivity index (χ3v) is 3.62. The molecule has 2 aromatic rings. The van der Waals surface area contributed by atoms with E-state index in [1.165, 1.54) is 6.07 Å². The molecule has 0 bridgehead atoms. The van der Waals surface area contributed by atoms with Gasteiger partial charge in [0.05, 0.1) is 11.0 Å². The summed E-state index contributed by atoms with van der Waals surface area (Å²) in [4.78, 5) is 0. The Morgan fingerprint density at radius 1 is 1.32 bits per heavy atom. The summed E-state index contributed by atoms with van der Waals surface area (Å²) >= 11 is 3.36. The van der Waals surface area contributed by atoms with Gasteiger partial charge in [0.25, 0.3) is 0 Å². The summed E-state index contributed by atoms with van der Waals surface area (Å²) in [7, 11) is 0. The first-order valence-corrected chi connectivity index (χ1v) is 7.25. The van der Waals surface area contributed by atoms with Crippen LogP contribution in [0.4, 0.5) is 4.39 Å². The van der Waals surface area contributed by atoms with E-state index in [2.05, 4.69) is 48.9 Å². The molecule has 104 valence electrons. The van der Waals surface area contributed by atoms with Crippen molar-refractivity contribution in [1.29, 1.82) is 0 Å². The van der Waals surface area contributed by atoms with Crippen molar-refractivity contribution in [3.05, 3.63) is 33.7 Å². The lowest BCUT2D eigenvalue weighted by Gasteiger charge is -2.19. The van der Waals surface area contributed by atoms with Crippen molar-refractivity contribution in [2.75, 3.05) is 0 Å². The lowest BCUT2D eigenvalue weighted by molar-refractivity contribution is 0.393. The Kier molecular flexibility index (Phi) is 4.02. The van der Waals surface area contributed by atoms with Gasteiger partial charge in [-0.25, -0.2) is 4.39 Å². The topological polar surface area (TPSA) is 25.2 Å². The molecule has 2 rings (SSSR count). The molecular weight excluding hydrogens is 309 g/mol. The highest BCUT2D eigenvalue weighted by molar-refractivity contribution is 9.10. The molecule has 4 heteroatoms. The van der Waals surface area contributed by atoms with Gasteiger partial charge in [0.15, 0.2) is 0 Å². The van der Waals surface area contributed by atoms with Crippen molar-refractivity contribution < 1.29 is 8.81 Å². The van der Waals surface area contributed by atoms with Gasteiger partial charge in [0, 0.05) is 16.5 Å². The van der Waals surface area contributed by atoms with Gasteiger partial charge in [-0.1, -0.05) is 6.92 Å². The van der Waals surface area contributed by atoms with Crippen LogP contribution in [-0.2, 0) is 13.0 Å². The maximum atomic E-state index is 13.5. The summed E-state index contributed by atoms with van der Waals surface area (Å²) in [6.07, 6.45) is 0.823. The number of halogens is 2. The average molecular weight is 328 g/mol. The Bertz CT molecular complexity index is 598. The molecule has 0 radical (unpaired) electrons. The molecule has 1 aromatic heterocycles. The highest BCUT2D eigenvalue weighted by atomic mass is 79.9. The van der Waals surface area contributed by atoms with E-state index in [1.807, 2.05) is 0 Å². The van der Waals surface area contributed by atoms with Gasteiger partial charge < -0.3 is 9.73 Å². The Balaban J connectivity index is 2.47. The fourth-order valence-electron chi connectivity index (χ4n) is 2.10. The third-order valence-electron chi connectivity index (χ3n) is 3.03. The van der Waals surface area contributed by atoms with Gasteiger partial charge >= 0.3 is 0 Å². The molecule has 0 saturated heterocycles. The fraction of sp³-hybridized carbons (Fsp3) is 0.467. The Labute approximate surface area is 121 Å². The van der Waals surface area contributed by atoms with Gasteiger partial charge in [-0.2, -0.15) is 0 Å². The highest BCUT2D eigenvalue weighted by Gasteiger charge is 2.18. The first kappa shape index (κ1) is 14.5. The molecule has 1 aromatic carbocycles. The monoisotopic (exact) mass is 327 g/mol. The van der Waals surface area contributed by atoms with Crippen LogP contribution in [0.1, 0.15) is 39.0 Å². The van der Waals surface area contributed by atoms with Crippen LogP contribution in [0.3, 0.4) is 0 Å². The maximum absolute atomic E-state index is 13.5. The summed E-state index contributed by atoms with van der Waals surface area (Å²) in [6, 6.07) is 2.98. The maximum Gasteiger partial charge on any atom is 0.149 e. The second kappa shape index (κ2) is 5.25. The summed E-state index contributed by atoms with van der Waals surface area (Å²) in [5.41, 5.74) is 1.82. The van der Waals surface area contributed by atoms with Gasteiger partial charge in [0.1, 0.15) is 17.2 Å². The smallest absolute Gasteiger partial charge is 0.149 e. The number of fused-ring (bicyclic) bond motifs is 1. The van der Waals surface area contributed by atoms with Crippen LogP contribution in [0.15, 0.2) is 21.0 Å². The number of rotatable bonds is 3. The summed E-state index contributed by atoms with van der Waals surface area (Å²) in [6.45, 7) is 9.03. The molecule has 0 atom stereocenters. The molecule has 19 heavy (non-hydrogen) atoms. The molecule has 0 fully saturated rings. The van der Waals surface area contributed by atoms with E-state index in [1.54, 1.807) is 6.07 Å². The molecule has 1 N–H and O–H groups in total. The predicted molar refractivity (Wildman–Crippen MR) is 79.8 cm³/mol. The number of benzene rings is 1. The zero-order chi connectivity index (χ0) is 14.2. The van der Waals surface area contributed by atoms with Crippen molar-refractivity contribution in [2.45, 2.75) is 46.2 Å². The van der Waals surface area contributed by atoms with Crippen LogP contribution in [-0.4, -0.2) is 5.54 Å². The van der Waals surface area contributed by atoms with Gasteiger partial charge in [0.2, 0.25) is 0 Å². The Hall–Kier alpha value is -0.870. The van der Waals surface area contributed by atoms with E-state index in [9.17, 15) is 4.39 Å². The van der Waals surface area contributed by atoms with Crippen molar-refractivity contribution in [3.63, 3.8) is 0 Å². The van der Waals surface area contributed by atoms with Gasteiger partial charge in [-0.3, -0.25) is 0 Å². The molecule has 2 nitrogen and oxygen atoms in total. The standard InChI is InChI=1S/C15H19BrFNO/c1-5-10-11-6-9(17)7-12(16)14(11)19-13(10)8-18-15(2,3)4/h6-7,18H,5,8H2,1-4H3. The van der Waals surface area contributed by atoms with Crippen LogP contribution in [0.5, 0.6) is 0 Å². The second-order valence-electron chi connectivity index (χ2n) is 5.73. The minimum atomic E-state index is -0.245. The van der Waals surface area contributed by atoms with Crippen molar-refractivity contribution in [3.8, 4) is 0 Å². The van der Waals surface area contributed by atoms with Crippen LogP contribution >= 0.6 is 15.9 Å². The predicted octanol–water partition coefficient (Wildman–Crippen LogP) is 4.78. The number of aryl methyl sites for hydroxylation is 1. The molecule has 0 saturated carbocycles. The normalized spacial score (nSPS) is 12.3. The quantitative estimate of drug-likeness (QED) is 0.877. The molecule has 0 aliphatic rings. The Morgan fingerprint density at radius 2 is 2.00 bits per heavy atom. The minimum absolute atomic E-state index is 0.0203. The van der Waals surface area contributed by atoms with E-state index < -0.39 is 0 Å². The zero-order valence-electron chi connectivity index (χ0n) is 11.7. The van der Waals surface area contributed by atoms with Crippen LogP contribution < -0.4 is 5.32 Å². The number of hydrogen-bond donors (Lipinski definition) is 1. The van der Waals surface area contributed by atoms with Gasteiger partial charge in [-0.15, -0.1) is 0 Å². The molecule has 0 aliphatic heterocycles. The molecule has 0 unspecified atom stereocenters. The molecule has 0 spiro atoms. The minimum Gasteiger partial charge on any atom is -0.458 e. The van der Waals surface area contributed by atoms with Crippen molar-refractivity contribution in [1.82, 2.24) is 5.32 Å². The summed E-state index contributed by atoms with van der Waals surface area (Å²) < 4.78 is 20.1. The lowest BCUT2D eigenvalue weighted by Crippen LogP contribution is -2.35. The molecule has 0 amide bonds. The van der Waals surface area contributed by atoms with Crippen molar-refractivity contribution in [2.24, 2.45) is 0 Å². The largest absolute Gasteiger partial charge is 0.458 e. The van der Waals surface area contributed by atoms with E-state index in [0.29, 0.717) is 11.0 Å². The second-order valence-corrected chi connectivity index (χ2v) is 6.58. The van der Waals surface area contributed by atoms with E-state index in [0.717, 1.165) is 28.7 Å². The first-order chi connectivity index (χ1) is 8.81. The third kappa shape index (κ3) is 3.18. The molecule has 0 aliphatic carbocycles. The van der Waals surface area contributed by atoms with Crippen molar-refractivity contribution >= 4 is 26.9 Å². The number of nitrogens with one attached hydrogen (secondary N) is 1. The fourth-order valence-corrected chi connectivity index (χ4v) is 2.61. The first-order valence-electron chi connectivity index (χ1n) is 6.46. The number of furan rings is 1. The molecule has 1 heterocycles.